The van der Waals surface area contributed by atoms with E-state index >= 15 is 0 Å². The Bertz CT molecular complexity index is 320. The first kappa shape index (κ1) is 15.9. The van der Waals surface area contributed by atoms with Gasteiger partial charge >= 0.3 is 0 Å². The largest absolute Gasteiger partial charge is 0.251 e. The number of allylic oxidation sites excluding steroid dienone is 6. The van der Waals surface area contributed by atoms with E-state index in [0.717, 1.165) is 18.4 Å². The summed E-state index contributed by atoms with van der Waals surface area (Å²) in [5.41, 5.74) is 1.71. The minimum absolute atomic E-state index is 0.635. The average molecular weight is 236 g/mol. The van der Waals surface area contributed by atoms with Crippen LogP contribution in [-0.4, -0.2) is 10.9 Å². The second kappa shape index (κ2) is 8.04. The van der Waals surface area contributed by atoms with Gasteiger partial charge in [-0.25, -0.2) is 4.89 Å². The zero-order valence-electron chi connectivity index (χ0n) is 11.4. The zero-order chi connectivity index (χ0) is 13.3. The molecule has 0 fully saturated rings. The minimum atomic E-state index is -0.635. The molecule has 0 saturated carbocycles. The summed E-state index contributed by atoms with van der Waals surface area (Å²) in [5.74, 6) is 0. The molecule has 0 aromatic carbocycles. The highest BCUT2D eigenvalue weighted by Crippen LogP contribution is 2.19. The summed E-state index contributed by atoms with van der Waals surface area (Å²) in [6.45, 7) is 11.6. The normalized spacial score (nSPS) is 15.7. The molecule has 1 unspecified atom stereocenters. The molecule has 1 N–H and O–H groups in total. The molecule has 2 heteroatoms. The Labute approximate surface area is 105 Å². The van der Waals surface area contributed by atoms with Crippen molar-refractivity contribution >= 4 is 0 Å². The van der Waals surface area contributed by atoms with E-state index < -0.39 is 5.60 Å². The Balaban J connectivity index is 4.46. The third-order valence-electron chi connectivity index (χ3n) is 2.53. The van der Waals surface area contributed by atoms with E-state index in [0.29, 0.717) is 0 Å². The molecule has 0 aliphatic carbocycles. The van der Waals surface area contributed by atoms with Crippen molar-refractivity contribution in [2.45, 2.75) is 46.1 Å². The van der Waals surface area contributed by atoms with Crippen molar-refractivity contribution in [2.24, 2.45) is 0 Å². The molecule has 0 aliphatic heterocycles. The zero-order valence-corrected chi connectivity index (χ0v) is 11.4. The smallest absolute Gasteiger partial charge is 0.119 e. The van der Waals surface area contributed by atoms with Crippen molar-refractivity contribution in [2.75, 3.05) is 0 Å². The molecule has 0 aliphatic rings. The Hall–Kier alpha value is -1.12. The van der Waals surface area contributed by atoms with E-state index in [4.69, 9.17) is 5.26 Å². The summed E-state index contributed by atoms with van der Waals surface area (Å²) in [6.07, 6.45) is 11.2. The first-order valence-electron chi connectivity index (χ1n) is 5.88. The first-order chi connectivity index (χ1) is 7.93. The van der Waals surface area contributed by atoms with Crippen LogP contribution < -0.4 is 0 Å². The minimum Gasteiger partial charge on any atom is -0.251 e. The van der Waals surface area contributed by atoms with E-state index in [-0.39, 0.29) is 0 Å². The van der Waals surface area contributed by atoms with Crippen molar-refractivity contribution in [3.63, 3.8) is 0 Å². The SMILES string of the molecule is C=C/C(C)=C/C=C/C(C)(CCC=C(C)C)OO. The second-order valence-corrected chi connectivity index (χ2v) is 4.70. The summed E-state index contributed by atoms with van der Waals surface area (Å²) >= 11 is 0. The lowest BCUT2D eigenvalue weighted by molar-refractivity contribution is -0.303. The van der Waals surface area contributed by atoms with Gasteiger partial charge in [-0.3, -0.25) is 5.26 Å². The van der Waals surface area contributed by atoms with Crippen LogP contribution in [0.4, 0.5) is 0 Å². The summed E-state index contributed by atoms with van der Waals surface area (Å²) in [5, 5.41) is 8.96. The lowest BCUT2D eigenvalue weighted by atomic mass is 9.98. The van der Waals surface area contributed by atoms with Gasteiger partial charge in [0.2, 0.25) is 0 Å². The van der Waals surface area contributed by atoms with Crippen LogP contribution in [0.15, 0.2) is 48.1 Å². The van der Waals surface area contributed by atoms with Crippen LogP contribution in [0.1, 0.15) is 40.5 Å². The number of hydrogen-bond acceptors (Lipinski definition) is 2. The van der Waals surface area contributed by atoms with E-state index in [1.54, 1.807) is 6.08 Å². The van der Waals surface area contributed by atoms with Gasteiger partial charge in [-0.1, -0.05) is 42.0 Å². The van der Waals surface area contributed by atoms with Crippen LogP contribution in [0, 0.1) is 0 Å². The maximum atomic E-state index is 8.96. The van der Waals surface area contributed by atoms with Crippen LogP contribution >= 0.6 is 0 Å². The van der Waals surface area contributed by atoms with Crippen molar-refractivity contribution < 1.29 is 10.1 Å². The van der Waals surface area contributed by atoms with Crippen LogP contribution in [0.25, 0.3) is 0 Å². The molecule has 0 aromatic rings. The predicted molar refractivity (Wildman–Crippen MR) is 73.9 cm³/mol. The Morgan fingerprint density at radius 2 is 2.00 bits per heavy atom. The van der Waals surface area contributed by atoms with Crippen molar-refractivity contribution in [1.82, 2.24) is 0 Å². The summed E-state index contributed by atoms with van der Waals surface area (Å²) in [4.78, 5) is 4.56. The van der Waals surface area contributed by atoms with Gasteiger partial charge in [-0.2, -0.15) is 0 Å². The lowest BCUT2D eigenvalue weighted by Crippen LogP contribution is -2.24. The molecule has 0 bridgehead atoms. The van der Waals surface area contributed by atoms with Gasteiger partial charge in [-0.15, -0.1) is 0 Å². The third-order valence-corrected chi connectivity index (χ3v) is 2.53. The Kier molecular flexibility index (Phi) is 7.51. The van der Waals surface area contributed by atoms with Crippen LogP contribution in [0.5, 0.6) is 0 Å². The highest BCUT2D eigenvalue weighted by Gasteiger charge is 2.20. The monoisotopic (exact) mass is 236 g/mol. The molecular weight excluding hydrogens is 212 g/mol. The van der Waals surface area contributed by atoms with Gasteiger partial charge in [-0.05, 0) is 46.6 Å². The fraction of sp³-hybridized carbons (Fsp3) is 0.467. The highest BCUT2D eigenvalue weighted by atomic mass is 17.1. The molecule has 0 heterocycles. The lowest BCUT2D eigenvalue weighted by Gasteiger charge is -2.21. The van der Waals surface area contributed by atoms with Gasteiger partial charge in [0.25, 0.3) is 0 Å². The Morgan fingerprint density at radius 3 is 2.47 bits per heavy atom. The van der Waals surface area contributed by atoms with Gasteiger partial charge in [0.15, 0.2) is 0 Å². The van der Waals surface area contributed by atoms with Gasteiger partial charge in [0, 0.05) is 0 Å². The van der Waals surface area contributed by atoms with E-state index in [1.807, 2.05) is 32.1 Å². The van der Waals surface area contributed by atoms with Crippen LogP contribution in [-0.2, 0) is 4.89 Å². The van der Waals surface area contributed by atoms with Crippen molar-refractivity contribution in [1.29, 1.82) is 0 Å². The average Bonchev–Trinajstić information content (AvgIpc) is 2.28. The first-order valence-corrected chi connectivity index (χ1v) is 5.88. The number of hydrogen-bond donors (Lipinski definition) is 1. The van der Waals surface area contributed by atoms with Crippen molar-refractivity contribution in [3.05, 3.63) is 48.1 Å². The molecule has 17 heavy (non-hydrogen) atoms. The van der Waals surface area contributed by atoms with E-state index in [2.05, 4.69) is 31.4 Å². The van der Waals surface area contributed by atoms with Crippen LogP contribution in [0.2, 0.25) is 0 Å². The second-order valence-electron chi connectivity index (χ2n) is 4.70. The maximum absolute atomic E-state index is 8.96. The molecule has 1 atom stereocenters. The summed E-state index contributed by atoms with van der Waals surface area (Å²) in [7, 11) is 0. The van der Waals surface area contributed by atoms with Crippen LogP contribution in [0.3, 0.4) is 0 Å². The Morgan fingerprint density at radius 1 is 1.35 bits per heavy atom. The third kappa shape index (κ3) is 7.72. The molecular formula is C15H24O2. The molecule has 0 aromatic heterocycles. The summed E-state index contributed by atoms with van der Waals surface area (Å²) < 4.78 is 0. The molecule has 96 valence electrons. The molecule has 0 rings (SSSR count). The molecule has 2 nitrogen and oxygen atoms in total. The van der Waals surface area contributed by atoms with Crippen molar-refractivity contribution in [3.8, 4) is 0 Å². The molecule has 0 saturated heterocycles. The van der Waals surface area contributed by atoms with Gasteiger partial charge in [0.05, 0.1) is 0 Å². The van der Waals surface area contributed by atoms with E-state index in [9.17, 15) is 0 Å². The molecule has 0 radical (unpaired) electrons. The standard InChI is InChI=1S/C15H24O2/c1-6-14(4)10-8-12-15(5,17-16)11-7-9-13(2)3/h6,8-10,12,16H,1,7,11H2,2-5H3/b12-8+,14-10+. The van der Waals surface area contributed by atoms with Gasteiger partial charge < -0.3 is 0 Å². The predicted octanol–water partition coefficient (Wildman–Crippen LogP) is 4.67. The molecule has 0 spiro atoms. The highest BCUT2D eigenvalue weighted by molar-refractivity contribution is 5.21. The molecule has 0 amide bonds. The quantitative estimate of drug-likeness (QED) is 0.301. The summed E-state index contributed by atoms with van der Waals surface area (Å²) in [6, 6.07) is 0. The van der Waals surface area contributed by atoms with Gasteiger partial charge in [0.1, 0.15) is 5.60 Å². The fourth-order valence-corrected chi connectivity index (χ4v) is 1.28. The topological polar surface area (TPSA) is 29.5 Å². The fourth-order valence-electron chi connectivity index (χ4n) is 1.28. The maximum Gasteiger partial charge on any atom is 0.119 e. The number of rotatable bonds is 7. The van der Waals surface area contributed by atoms with E-state index in [1.165, 1.54) is 5.57 Å².